The lowest BCUT2D eigenvalue weighted by Crippen LogP contribution is -2.19. The Bertz CT molecular complexity index is 749. The first-order chi connectivity index (χ1) is 12.6. The highest BCUT2D eigenvalue weighted by Gasteiger charge is 2.23. The molecule has 1 atom stereocenters. The number of aromatic nitrogens is 2. The normalized spacial score (nSPS) is 15.8. The van der Waals surface area contributed by atoms with Gasteiger partial charge in [-0.3, -0.25) is 9.20 Å². The quantitative estimate of drug-likeness (QED) is 0.647. The summed E-state index contributed by atoms with van der Waals surface area (Å²) in [5.74, 6) is 1.45. The van der Waals surface area contributed by atoms with Gasteiger partial charge in [-0.25, -0.2) is 4.98 Å². The van der Waals surface area contributed by atoms with Crippen LogP contribution in [0.2, 0.25) is 0 Å². The van der Waals surface area contributed by atoms with Crippen molar-refractivity contribution in [3.8, 4) is 5.75 Å². The summed E-state index contributed by atoms with van der Waals surface area (Å²) in [7, 11) is 0. The van der Waals surface area contributed by atoms with Crippen molar-refractivity contribution in [3.05, 3.63) is 29.7 Å². The molecule has 1 aliphatic rings. The molecule has 0 amide bonds. The van der Waals surface area contributed by atoms with Crippen molar-refractivity contribution in [2.45, 2.75) is 58.8 Å². The number of hydrogen-bond donors (Lipinski definition) is 1. The first-order valence-corrected chi connectivity index (χ1v) is 9.88. The van der Waals surface area contributed by atoms with Crippen molar-refractivity contribution >= 4 is 11.4 Å². The third-order valence-corrected chi connectivity index (χ3v) is 5.45. The number of aliphatic hydroxyl groups excluding tert-OH is 1. The average molecular weight is 358 g/mol. The van der Waals surface area contributed by atoms with E-state index in [4.69, 9.17) is 4.74 Å². The number of Topliss-reactive ketones (excluding diaryl/α,β-unsaturated/α-hetero) is 1. The van der Waals surface area contributed by atoms with E-state index in [-0.39, 0.29) is 18.3 Å². The molecule has 0 bridgehead atoms. The van der Waals surface area contributed by atoms with E-state index >= 15 is 0 Å². The first kappa shape index (κ1) is 18.9. The van der Waals surface area contributed by atoms with Crippen LogP contribution in [0.4, 0.5) is 0 Å². The average Bonchev–Trinajstić information content (AvgIpc) is 2.93. The first-order valence-electron chi connectivity index (χ1n) is 9.88. The van der Waals surface area contributed by atoms with Gasteiger partial charge in [0.1, 0.15) is 5.69 Å². The lowest BCUT2D eigenvalue weighted by Gasteiger charge is -2.25. The molecule has 0 aromatic carbocycles. The second-order valence-corrected chi connectivity index (χ2v) is 7.54. The Balaban J connectivity index is 1.79. The highest BCUT2D eigenvalue weighted by atomic mass is 16.5. The van der Waals surface area contributed by atoms with E-state index in [2.05, 4.69) is 11.9 Å². The molecule has 0 saturated heterocycles. The lowest BCUT2D eigenvalue weighted by atomic mass is 9.86. The van der Waals surface area contributed by atoms with E-state index < -0.39 is 0 Å². The summed E-state index contributed by atoms with van der Waals surface area (Å²) in [4.78, 5) is 17.5. The smallest absolute Gasteiger partial charge is 0.181 e. The van der Waals surface area contributed by atoms with Crippen LogP contribution in [0.3, 0.4) is 0 Å². The third kappa shape index (κ3) is 4.09. The van der Waals surface area contributed by atoms with Crippen molar-refractivity contribution in [1.29, 1.82) is 0 Å². The van der Waals surface area contributed by atoms with Gasteiger partial charge >= 0.3 is 0 Å². The molecule has 1 aliphatic carbocycles. The third-order valence-electron chi connectivity index (χ3n) is 5.45. The Morgan fingerprint density at radius 1 is 1.46 bits per heavy atom. The van der Waals surface area contributed by atoms with Crippen LogP contribution in [-0.2, 0) is 0 Å². The number of nitrogens with zero attached hydrogens (tertiary/aromatic N) is 2. The minimum atomic E-state index is 0.0189. The fourth-order valence-electron chi connectivity index (χ4n) is 3.58. The molecule has 2 heterocycles. The molecule has 1 saturated carbocycles. The number of rotatable bonds is 10. The van der Waals surface area contributed by atoms with Gasteiger partial charge in [-0.1, -0.05) is 26.2 Å². The van der Waals surface area contributed by atoms with Crippen LogP contribution >= 0.6 is 0 Å². The molecule has 3 rings (SSSR count). The van der Waals surface area contributed by atoms with Crippen molar-refractivity contribution in [2.24, 2.45) is 11.8 Å². The van der Waals surface area contributed by atoms with Crippen LogP contribution in [0.15, 0.2) is 18.3 Å². The SMILES string of the molecule is CCCC[C@H](CO)CC(=O)c1c(C)nc2c(OCC3CCC3)cccn12. The van der Waals surface area contributed by atoms with Crippen LogP contribution in [0, 0.1) is 18.8 Å². The number of ether oxygens (including phenoxy) is 1. The van der Waals surface area contributed by atoms with Gasteiger partial charge in [0.05, 0.1) is 12.3 Å². The van der Waals surface area contributed by atoms with Crippen LogP contribution in [0.5, 0.6) is 5.75 Å². The molecule has 0 radical (unpaired) electrons. The van der Waals surface area contributed by atoms with E-state index in [9.17, 15) is 9.90 Å². The maximum absolute atomic E-state index is 12.9. The topological polar surface area (TPSA) is 63.8 Å². The van der Waals surface area contributed by atoms with Gasteiger partial charge in [-0.05, 0) is 50.2 Å². The molecule has 2 aromatic rings. The molecule has 142 valence electrons. The number of pyridine rings is 1. The van der Waals surface area contributed by atoms with Crippen molar-refractivity contribution in [1.82, 2.24) is 9.38 Å². The van der Waals surface area contributed by atoms with Crippen molar-refractivity contribution < 1.29 is 14.6 Å². The van der Waals surface area contributed by atoms with Crippen molar-refractivity contribution in [2.75, 3.05) is 13.2 Å². The number of imidazole rings is 1. The maximum atomic E-state index is 12.9. The highest BCUT2D eigenvalue weighted by molar-refractivity contribution is 5.96. The van der Waals surface area contributed by atoms with Gasteiger partial charge in [0.2, 0.25) is 0 Å². The lowest BCUT2D eigenvalue weighted by molar-refractivity contribution is 0.0923. The fourth-order valence-corrected chi connectivity index (χ4v) is 3.58. The van der Waals surface area contributed by atoms with Gasteiger partial charge in [0.15, 0.2) is 17.2 Å². The monoisotopic (exact) mass is 358 g/mol. The fraction of sp³-hybridized carbons (Fsp3) is 0.619. The van der Waals surface area contributed by atoms with Crippen LogP contribution in [0.25, 0.3) is 5.65 Å². The van der Waals surface area contributed by atoms with Gasteiger partial charge in [0.25, 0.3) is 0 Å². The molecular weight excluding hydrogens is 328 g/mol. The second-order valence-electron chi connectivity index (χ2n) is 7.54. The van der Waals surface area contributed by atoms with E-state index in [1.165, 1.54) is 19.3 Å². The van der Waals surface area contributed by atoms with E-state index in [0.29, 0.717) is 23.7 Å². The van der Waals surface area contributed by atoms with Gasteiger partial charge in [-0.2, -0.15) is 0 Å². The Labute approximate surface area is 155 Å². The summed E-state index contributed by atoms with van der Waals surface area (Å²) in [6, 6.07) is 3.83. The number of hydrogen-bond acceptors (Lipinski definition) is 4. The number of ketones is 1. The second kappa shape index (κ2) is 8.67. The molecule has 0 aliphatic heterocycles. The molecule has 26 heavy (non-hydrogen) atoms. The minimum Gasteiger partial charge on any atom is -0.489 e. The summed E-state index contributed by atoms with van der Waals surface area (Å²) in [5.41, 5.74) is 2.05. The number of aryl methyl sites for hydroxylation is 1. The summed E-state index contributed by atoms with van der Waals surface area (Å²) in [6.07, 6.45) is 8.98. The largest absolute Gasteiger partial charge is 0.489 e. The zero-order valence-electron chi connectivity index (χ0n) is 15.9. The summed E-state index contributed by atoms with van der Waals surface area (Å²) in [5, 5.41) is 9.58. The highest BCUT2D eigenvalue weighted by Crippen LogP contribution is 2.29. The number of fused-ring (bicyclic) bond motifs is 1. The number of unbranched alkanes of at least 4 members (excludes halogenated alkanes) is 1. The van der Waals surface area contributed by atoms with Crippen molar-refractivity contribution in [3.63, 3.8) is 0 Å². The number of carbonyl (C=O) groups is 1. The molecule has 1 N–H and O–H groups in total. The molecular formula is C21H30N2O3. The zero-order chi connectivity index (χ0) is 18.5. The molecule has 2 aromatic heterocycles. The van der Waals surface area contributed by atoms with Gasteiger partial charge in [0, 0.05) is 19.2 Å². The van der Waals surface area contributed by atoms with Crippen LogP contribution in [-0.4, -0.2) is 33.5 Å². The van der Waals surface area contributed by atoms with E-state index in [1.807, 2.05) is 29.7 Å². The minimum absolute atomic E-state index is 0.0189. The summed E-state index contributed by atoms with van der Waals surface area (Å²) < 4.78 is 7.84. The van der Waals surface area contributed by atoms with Crippen LogP contribution in [0.1, 0.15) is 68.1 Å². The number of carbonyl (C=O) groups excluding carboxylic acids is 1. The molecule has 5 nitrogen and oxygen atoms in total. The Kier molecular flexibility index (Phi) is 6.30. The molecule has 1 fully saturated rings. The Morgan fingerprint density at radius 2 is 2.27 bits per heavy atom. The van der Waals surface area contributed by atoms with E-state index in [0.717, 1.165) is 37.3 Å². The summed E-state index contributed by atoms with van der Waals surface area (Å²) >= 11 is 0. The summed E-state index contributed by atoms with van der Waals surface area (Å²) in [6.45, 7) is 4.77. The van der Waals surface area contributed by atoms with Gasteiger partial charge < -0.3 is 9.84 Å². The van der Waals surface area contributed by atoms with Gasteiger partial charge in [-0.15, -0.1) is 0 Å². The molecule has 0 spiro atoms. The predicted molar refractivity (Wildman–Crippen MR) is 102 cm³/mol. The Morgan fingerprint density at radius 3 is 2.92 bits per heavy atom. The molecule has 0 unspecified atom stereocenters. The molecule has 5 heteroatoms. The number of aliphatic hydroxyl groups is 1. The van der Waals surface area contributed by atoms with Crippen LogP contribution < -0.4 is 4.74 Å². The zero-order valence-corrected chi connectivity index (χ0v) is 15.9. The standard InChI is InChI=1S/C21H30N2O3/c1-3-4-7-17(13-24)12-18(25)20-15(2)22-21-19(10-6-11-23(20)21)26-14-16-8-5-9-16/h6,10-11,16-17,24H,3-5,7-9,12-14H2,1-2H3/t17-/m0/s1. The Hall–Kier alpha value is -1.88. The van der Waals surface area contributed by atoms with E-state index in [1.54, 1.807) is 0 Å². The predicted octanol–water partition coefficient (Wildman–Crippen LogP) is 4.19. The maximum Gasteiger partial charge on any atom is 0.181 e.